The highest BCUT2D eigenvalue weighted by Gasteiger charge is 2.31. The van der Waals surface area contributed by atoms with E-state index in [2.05, 4.69) is 10.2 Å². The molecule has 0 aromatic heterocycles. The number of nitrogens with zero attached hydrogens (tertiary/aromatic N) is 2. The normalized spacial score (nSPS) is 19.9. The minimum atomic E-state index is -0.807. The molecule has 4 rings (SSSR count). The van der Waals surface area contributed by atoms with Gasteiger partial charge in [-0.15, -0.1) is 0 Å². The lowest BCUT2D eigenvalue weighted by Crippen LogP contribution is -2.56. The molecule has 7 heteroatoms. The number of aliphatic carboxylic acids is 1. The Labute approximate surface area is 162 Å². The van der Waals surface area contributed by atoms with Crippen molar-refractivity contribution in [2.24, 2.45) is 10.9 Å². The van der Waals surface area contributed by atoms with Crippen LogP contribution in [-0.2, 0) is 4.79 Å². The second kappa shape index (κ2) is 7.21. The zero-order valence-electron chi connectivity index (χ0n) is 14.9. The van der Waals surface area contributed by atoms with Crippen LogP contribution in [-0.4, -0.2) is 47.5 Å². The first kappa shape index (κ1) is 17.8. The van der Waals surface area contributed by atoms with Crippen LogP contribution in [0.5, 0.6) is 11.5 Å². The Morgan fingerprint density at radius 1 is 1.33 bits per heavy atom. The topological polar surface area (TPSA) is 74.2 Å². The number of carboxylic acids is 1. The molecule has 6 nitrogen and oxygen atoms in total. The Morgan fingerprint density at radius 3 is 2.96 bits per heavy atom. The van der Waals surface area contributed by atoms with Crippen LogP contribution in [0.3, 0.4) is 0 Å². The number of piperazine rings is 1. The highest BCUT2D eigenvalue weighted by atomic mass is 35.5. The number of hydrogen-bond donors (Lipinski definition) is 2. The number of benzene rings is 2. The van der Waals surface area contributed by atoms with Gasteiger partial charge in [-0.1, -0.05) is 30.7 Å². The fourth-order valence-corrected chi connectivity index (χ4v) is 3.58. The van der Waals surface area contributed by atoms with Crippen LogP contribution in [0, 0.1) is 5.92 Å². The van der Waals surface area contributed by atoms with E-state index < -0.39 is 11.9 Å². The Hall–Kier alpha value is -2.57. The number of carbonyl (C=O) groups is 1. The van der Waals surface area contributed by atoms with E-state index in [4.69, 9.17) is 21.3 Å². The standard InChI is InChI=1S/C20H20ClN3O3/c1-12(20(25)26)16-11-24(9-8-22-16)19-14-4-2-3-5-17(14)27-18-7-6-13(21)10-15(18)23-19/h2-7,10,12,16,22H,8-9,11H2,1H3,(H,25,26)/t12-,16?/m1/s1. The van der Waals surface area contributed by atoms with Gasteiger partial charge in [0.05, 0.1) is 11.5 Å². The summed E-state index contributed by atoms with van der Waals surface area (Å²) in [4.78, 5) is 18.4. The lowest BCUT2D eigenvalue weighted by atomic mass is 9.99. The van der Waals surface area contributed by atoms with E-state index in [1.165, 1.54) is 0 Å². The number of halogens is 1. The van der Waals surface area contributed by atoms with Crippen molar-refractivity contribution >= 4 is 29.1 Å². The summed E-state index contributed by atoms with van der Waals surface area (Å²) < 4.78 is 6.08. The fraction of sp³-hybridized carbons (Fsp3) is 0.300. The van der Waals surface area contributed by atoms with E-state index in [-0.39, 0.29) is 6.04 Å². The van der Waals surface area contributed by atoms with Crippen molar-refractivity contribution in [2.45, 2.75) is 13.0 Å². The van der Waals surface area contributed by atoms with E-state index >= 15 is 0 Å². The van der Waals surface area contributed by atoms with Gasteiger partial charge in [0.25, 0.3) is 0 Å². The summed E-state index contributed by atoms with van der Waals surface area (Å²) >= 11 is 6.16. The lowest BCUT2D eigenvalue weighted by molar-refractivity contribution is -0.142. The number of nitrogens with one attached hydrogen (secondary N) is 1. The molecule has 2 aliphatic heterocycles. The number of rotatable bonds is 2. The predicted octanol–water partition coefficient (Wildman–Crippen LogP) is 3.52. The van der Waals surface area contributed by atoms with Crippen LogP contribution in [0.2, 0.25) is 5.02 Å². The van der Waals surface area contributed by atoms with Crippen LogP contribution in [0.4, 0.5) is 5.69 Å². The summed E-state index contributed by atoms with van der Waals surface area (Å²) in [5.41, 5.74) is 1.54. The third-order valence-electron chi connectivity index (χ3n) is 4.99. The molecular weight excluding hydrogens is 366 g/mol. The summed E-state index contributed by atoms with van der Waals surface area (Å²) in [6, 6.07) is 13.0. The maximum absolute atomic E-state index is 11.4. The highest BCUT2D eigenvalue weighted by molar-refractivity contribution is 6.31. The number of aliphatic imine (C=N–C) groups is 1. The molecule has 0 bridgehead atoms. The summed E-state index contributed by atoms with van der Waals surface area (Å²) in [6.07, 6.45) is 0. The van der Waals surface area contributed by atoms with Gasteiger partial charge in [0.1, 0.15) is 17.3 Å². The monoisotopic (exact) mass is 385 g/mol. The molecule has 0 saturated carbocycles. The van der Waals surface area contributed by atoms with Crippen molar-refractivity contribution in [2.75, 3.05) is 19.6 Å². The number of fused-ring (bicyclic) bond motifs is 2. The predicted molar refractivity (Wildman–Crippen MR) is 104 cm³/mol. The molecule has 1 saturated heterocycles. The van der Waals surface area contributed by atoms with E-state index in [0.717, 1.165) is 23.7 Å². The second-order valence-corrected chi connectivity index (χ2v) is 7.22. The molecule has 2 N–H and O–H groups in total. The Bertz CT molecular complexity index is 915. The van der Waals surface area contributed by atoms with Gasteiger partial charge in [-0.25, -0.2) is 4.99 Å². The number of hydrogen-bond acceptors (Lipinski definition) is 5. The average molecular weight is 386 g/mol. The van der Waals surface area contributed by atoms with Gasteiger partial charge in [-0.05, 0) is 30.3 Å². The van der Waals surface area contributed by atoms with E-state index in [9.17, 15) is 9.90 Å². The van der Waals surface area contributed by atoms with Crippen LogP contribution in [0.1, 0.15) is 12.5 Å². The largest absolute Gasteiger partial charge is 0.481 e. The summed E-state index contributed by atoms with van der Waals surface area (Å²) in [6.45, 7) is 3.69. The Balaban J connectivity index is 1.76. The van der Waals surface area contributed by atoms with E-state index in [1.807, 2.05) is 30.3 Å². The molecule has 27 heavy (non-hydrogen) atoms. The molecule has 0 spiro atoms. The summed E-state index contributed by atoms with van der Waals surface area (Å²) in [5.74, 6) is 0.840. The Kier molecular flexibility index (Phi) is 4.76. The zero-order chi connectivity index (χ0) is 19.0. The van der Waals surface area contributed by atoms with Crippen molar-refractivity contribution in [3.63, 3.8) is 0 Å². The van der Waals surface area contributed by atoms with Gasteiger partial charge < -0.3 is 20.1 Å². The minimum absolute atomic E-state index is 0.158. The van der Waals surface area contributed by atoms with Gasteiger partial charge in [0.15, 0.2) is 5.75 Å². The van der Waals surface area contributed by atoms with Crippen molar-refractivity contribution in [1.29, 1.82) is 0 Å². The molecule has 1 unspecified atom stereocenters. The summed E-state index contributed by atoms with van der Waals surface area (Å²) in [5, 5.41) is 13.3. The average Bonchev–Trinajstić information content (AvgIpc) is 2.84. The summed E-state index contributed by atoms with van der Waals surface area (Å²) in [7, 11) is 0. The smallest absolute Gasteiger partial charge is 0.307 e. The number of carboxylic acid groups (broad SMARTS) is 1. The number of ether oxygens (including phenoxy) is 1. The molecule has 140 valence electrons. The molecule has 0 aliphatic carbocycles. The second-order valence-electron chi connectivity index (χ2n) is 6.78. The maximum atomic E-state index is 11.4. The van der Waals surface area contributed by atoms with E-state index in [1.54, 1.807) is 19.1 Å². The number of para-hydroxylation sites is 1. The van der Waals surface area contributed by atoms with Crippen LogP contribution < -0.4 is 10.1 Å². The molecule has 2 heterocycles. The third kappa shape index (κ3) is 3.50. The van der Waals surface area contributed by atoms with E-state index in [0.29, 0.717) is 29.5 Å². The highest BCUT2D eigenvalue weighted by Crippen LogP contribution is 2.39. The molecular formula is C20H20ClN3O3. The third-order valence-corrected chi connectivity index (χ3v) is 5.23. The Morgan fingerprint density at radius 2 is 2.15 bits per heavy atom. The van der Waals surface area contributed by atoms with Gasteiger partial charge in [0.2, 0.25) is 0 Å². The molecule has 0 amide bonds. The van der Waals surface area contributed by atoms with Gasteiger partial charge in [-0.3, -0.25) is 4.79 Å². The number of amidine groups is 1. The maximum Gasteiger partial charge on any atom is 0.307 e. The SMILES string of the molecule is C[C@@H](C(=O)O)C1CN(C2=Nc3cc(Cl)ccc3Oc3ccccc32)CCN1. The van der Waals surface area contributed by atoms with Gasteiger partial charge in [-0.2, -0.15) is 0 Å². The first-order valence-corrected chi connectivity index (χ1v) is 9.27. The first-order valence-electron chi connectivity index (χ1n) is 8.89. The van der Waals surface area contributed by atoms with Crippen molar-refractivity contribution < 1.29 is 14.6 Å². The molecule has 2 aromatic carbocycles. The van der Waals surface area contributed by atoms with Gasteiger partial charge in [0, 0.05) is 30.7 Å². The van der Waals surface area contributed by atoms with Crippen molar-refractivity contribution in [3.8, 4) is 11.5 Å². The molecule has 2 aromatic rings. The molecule has 1 fully saturated rings. The molecule has 2 atom stereocenters. The van der Waals surface area contributed by atoms with Crippen LogP contribution >= 0.6 is 11.6 Å². The van der Waals surface area contributed by atoms with Crippen LogP contribution in [0.15, 0.2) is 47.5 Å². The quantitative estimate of drug-likeness (QED) is 0.827. The fourth-order valence-electron chi connectivity index (χ4n) is 3.42. The zero-order valence-corrected chi connectivity index (χ0v) is 15.6. The minimum Gasteiger partial charge on any atom is -0.481 e. The lowest BCUT2D eigenvalue weighted by Gasteiger charge is -2.37. The van der Waals surface area contributed by atoms with Crippen LogP contribution in [0.25, 0.3) is 0 Å². The first-order chi connectivity index (χ1) is 13.0. The van der Waals surface area contributed by atoms with Gasteiger partial charge >= 0.3 is 5.97 Å². The van der Waals surface area contributed by atoms with Crippen molar-refractivity contribution in [3.05, 3.63) is 53.1 Å². The molecule has 0 radical (unpaired) electrons. The molecule has 2 aliphatic rings. The van der Waals surface area contributed by atoms with Crippen molar-refractivity contribution in [1.82, 2.24) is 10.2 Å².